The number of aromatic nitrogens is 1. The Labute approximate surface area is 144 Å². The van der Waals surface area contributed by atoms with E-state index < -0.39 is 11.8 Å². The van der Waals surface area contributed by atoms with Crippen molar-refractivity contribution in [1.82, 2.24) is 4.98 Å². The summed E-state index contributed by atoms with van der Waals surface area (Å²) in [5.74, 6) is -1.44. The van der Waals surface area contributed by atoms with Gasteiger partial charge in [-0.05, 0) is 36.3 Å². The molecule has 0 bridgehead atoms. The van der Waals surface area contributed by atoms with Gasteiger partial charge >= 0.3 is 5.97 Å². The SMILES string of the molecule is COCc1ncc(F)cc1-c1sc2c(c1C(=O)O)CC(C)(C)CC2. The van der Waals surface area contributed by atoms with Gasteiger partial charge in [-0.15, -0.1) is 11.3 Å². The molecule has 6 heteroatoms. The van der Waals surface area contributed by atoms with Gasteiger partial charge in [0.15, 0.2) is 0 Å². The Bertz CT molecular complexity index is 798. The number of thiophene rings is 1. The monoisotopic (exact) mass is 349 g/mol. The number of hydrogen-bond acceptors (Lipinski definition) is 4. The number of aromatic carboxylic acids is 1. The van der Waals surface area contributed by atoms with E-state index in [2.05, 4.69) is 18.8 Å². The average molecular weight is 349 g/mol. The van der Waals surface area contributed by atoms with Gasteiger partial charge in [0, 0.05) is 17.6 Å². The van der Waals surface area contributed by atoms with E-state index in [1.165, 1.54) is 24.5 Å². The molecule has 0 unspecified atom stereocenters. The van der Waals surface area contributed by atoms with Crippen molar-refractivity contribution >= 4 is 17.3 Å². The predicted molar refractivity (Wildman–Crippen MR) is 91.0 cm³/mol. The first kappa shape index (κ1) is 17.0. The number of carbonyl (C=O) groups is 1. The van der Waals surface area contributed by atoms with Crippen LogP contribution in [0.25, 0.3) is 10.4 Å². The summed E-state index contributed by atoms with van der Waals surface area (Å²) < 4.78 is 18.9. The summed E-state index contributed by atoms with van der Waals surface area (Å²) in [5.41, 5.74) is 2.34. The van der Waals surface area contributed by atoms with Crippen molar-refractivity contribution in [3.63, 3.8) is 0 Å². The molecule has 0 fully saturated rings. The van der Waals surface area contributed by atoms with Crippen LogP contribution in [0.2, 0.25) is 0 Å². The molecule has 3 rings (SSSR count). The standard InChI is InChI=1S/C18H20FNO3S/c1-18(2)5-4-14-12(7-18)15(17(21)22)16(24-14)11-6-10(19)8-20-13(11)9-23-3/h6,8H,4-5,7,9H2,1-3H3,(H,21,22). The van der Waals surface area contributed by atoms with Crippen LogP contribution in [-0.2, 0) is 24.2 Å². The van der Waals surface area contributed by atoms with Gasteiger partial charge < -0.3 is 9.84 Å². The predicted octanol–water partition coefficient (Wildman–Crippen LogP) is 4.31. The highest BCUT2D eigenvalue weighted by Gasteiger charge is 2.33. The number of fused-ring (bicyclic) bond motifs is 1. The van der Waals surface area contributed by atoms with Crippen LogP contribution in [0, 0.1) is 11.2 Å². The fourth-order valence-electron chi connectivity index (χ4n) is 3.25. The fourth-order valence-corrected chi connectivity index (χ4v) is 4.60. The Kier molecular flexibility index (Phi) is 4.44. The summed E-state index contributed by atoms with van der Waals surface area (Å²) >= 11 is 1.45. The molecule has 1 N–H and O–H groups in total. The van der Waals surface area contributed by atoms with Crippen molar-refractivity contribution in [3.8, 4) is 10.4 Å². The minimum Gasteiger partial charge on any atom is -0.478 e. The molecule has 0 amide bonds. The normalized spacial score (nSPS) is 16.0. The second-order valence-corrected chi connectivity index (χ2v) is 8.04. The van der Waals surface area contributed by atoms with Crippen LogP contribution >= 0.6 is 11.3 Å². The Hall–Kier alpha value is -1.79. The number of aryl methyl sites for hydroxylation is 1. The van der Waals surface area contributed by atoms with Gasteiger partial charge in [-0.25, -0.2) is 9.18 Å². The van der Waals surface area contributed by atoms with Crippen LogP contribution in [0.1, 0.15) is 46.8 Å². The van der Waals surface area contributed by atoms with Crippen molar-refractivity contribution in [2.24, 2.45) is 5.41 Å². The minimum absolute atomic E-state index is 0.0745. The van der Waals surface area contributed by atoms with Crippen molar-refractivity contribution in [1.29, 1.82) is 0 Å². The zero-order valence-electron chi connectivity index (χ0n) is 14.0. The van der Waals surface area contributed by atoms with E-state index in [-0.39, 0.29) is 12.0 Å². The van der Waals surface area contributed by atoms with E-state index in [1.54, 1.807) is 0 Å². The van der Waals surface area contributed by atoms with Crippen LogP contribution in [0.3, 0.4) is 0 Å². The van der Waals surface area contributed by atoms with E-state index in [9.17, 15) is 14.3 Å². The van der Waals surface area contributed by atoms with E-state index in [0.717, 1.165) is 35.9 Å². The highest BCUT2D eigenvalue weighted by Crippen LogP contribution is 2.45. The molecule has 0 radical (unpaired) electrons. The second kappa shape index (κ2) is 6.26. The van der Waals surface area contributed by atoms with E-state index in [4.69, 9.17) is 4.74 Å². The van der Waals surface area contributed by atoms with Crippen LogP contribution in [0.5, 0.6) is 0 Å². The molecular formula is C18H20FNO3S. The Morgan fingerprint density at radius 1 is 1.50 bits per heavy atom. The average Bonchev–Trinajstić information content (AvgIpc) is 2.86. The molecule has 2 aromatic rings. The summed E-state index contributed by atoms with van der Waals surface area (Å²) in [5, 5.41) is 9.79. The van der Waals surface area contributed by atoms with Crippen LogP contribution in [-0.4, -0.2) is 23.2 Å². The number of ether oxygens (including phenoxy) is 1. The van der Waals surface area contributed by atoms with Crippen LogP contribution in [0.15, 0.2) is 12.3 Å². The smallest absolute Gasteiger partial charge is 0.337 e. The number of nitrogens with zero attached hydrogens (tertiary/aromatic N) is 1. The molecule has 2 heterocycles. The maximum atomic E-state index is 13.8. The molecular weight excluding hydrogens is 329 g/mol. The van der Waals surface area contributed by atoms with Crippen LogP contribution < -0.4 is 0 Å². The van der Waals surface area contributed by atoms with Gasteiger partial charge in [-0.3, -0.25) is 4.98 Å². The third-order valence-corrected chi connectivity index (χ3v) is 5.78. The molecule has 1 aliphatic rings. The summed E-state index contributed by atoms with van der Waals surface area (Å²) in [7, 11) is 1.54. The van der Waals surface area contributed by atoms with Crippen molar-refractivity contribution in [2.75, 3.05) is 7.11 Å². The van der Waals surface area contributed by atoms with Gasteiger partial charge in [0.05, 0.1) is 28.9 Å². The highest BCUT2D eigenvalue weighted by atomic mass is 32.1. The Morgan fingerprint density at radius 3 is 2.92 bits per heavy atom. The molecule has 24 heavy (non-hydrogen) atoms. The van der Waals surface area contributed by atoms with E-state index in [1.807, 2.05) is 0 Å². The zero-order valence-corrected chi connectivity index (χ0v) is 14.8. The molecule has 0 spiro atoms. The highest BCUT2D eigenvalue weighted by molar-refractivity contribution is 7.16. The number of carboxylic acids is 1. The lowest BCUT2D eigenvalue weighted by atomic mass is 9.76. The topological polar surface area (TPSA) is 59.4 Å². The first-order valence-corrected chi connectivity index (χ1v) is 8.65. The molecule has 0 aromatic carbocycles. The number of carboxylic acid groups (broad SMARTS) is 1. The molecule has 0 saturated carbocycles. The Balaban J connectivity index is 2.21. The molecule has 0 aliphatic heterocycles. The summed E-state index contributed by atoms with van der Waals surface area (Å²) in [6.07, 6.45) is 3.73. The number of pyridine rings is 1. The first-order chi connectivity index (χ1) is 11.3. The number of rotatable bonds is 4. The summed E-state index contributed by atoms with van der Waals surface area (Å²) in [6.45, 7) is 4.51. The van der Waals surface area contributed by atoms with Crippen molar-refractivity contribution in [2.45, 2.75) is 39.7 Å². The van der Waals surface area contributed by atoms with Gasteiger partial charge in [-0.1, -0.05) is 13.8 Å². The number of methoxy groups -OCH3 is 1. The van der Waals surface area contributed by atoms with Crippen molar-refractivity contribution < 1.29 is 19.0 Å². The third kappa shape index (κ3) is 3.08. The number of halogens is 1. The van der Waals surface area contributed by atoms with Crippen LogP contribution in [0.4, 0.5) is 4.39 Å². The lowest BCUT2D eigenvalue weighted by Gasteiger charge is -2.29. The molecule has 0 atom stereocenters. The largest absolute Gasteiger partial charge is 0.478 e. The number of hydrogen-bond donors (Lipinski definition) is 1. The lowest BCUT2D eigenvalue weighted by molar-refractivity contribution is 0.0696. The molecule has 4 nitrogen and oxygen atoms in total. The maximum absolute atomic E-state index is 13.8. The van der Waals surface area contributed by atoms with E-state index in [0.29, 0.717) is 21.7 Å². The van der Waals surface area contributed by atoms with Crippen molar-refractivity contribution in [3.05, 3.63) is 39.8 Å². The third-order valence-electron chi connectivity index (χ3n) is 4.45. The van der Waals surface area contributed by atoms with Gasteiger partial charge in [0.1, 0.15) is 5.82 Å². The maximum Gasteiger partial charge on any atom is 0.337 e. The molecule has 1 aliphatic carbocycles. The van der Waals surface area contributed by atoms with Gasteiger partial charge in [-0.2, -0.15) is 0 Å². The van der Waals surface area contributed by atoms with E-state index >= 15 is 0 Å². The fraction of sp³-hybridized carbons (Fsp3) is 0.444. The van der Waals surface area contributed by atoms with Gasteiger partial charge in [0.2, 0.25) is 0 Å². The summed E-state index contributed by atoms with van der Waals surface area (Å²) in [4.78, 5) is 17.7. The zero-order chi connectivity index (χ0) is 17.5. The second-order valence-electron chi connectivity index (χ2n) is 6.93. The lowest BCUT2D eigenvalue weighted by Crippen LogP contribution is -2.22. The Morgan fingerprint density at radius 2 is 2.25 bits per heavy atom. The minimum atomic E-state index is -0.965. The quantitative estimate of drug-likeness (QED) is 0.893. The molecule has 128 valence electrons. The summed E-state index contributed by atoms with van der Waals surface area (Å²) in [6, 6.07) is 1.36. The van der Waals surface area contributed by atoms with Gasteiger partial charge in [0.25, 0.3) is 0 Å². The molecule has 2 aromatic heterocycles. The first-order valence-electron chi connectivity index (χ1n) is 7.84. The molecule has 0 saturated heterocycles.